The quantitative estimate of drug-likeness (QED) is 0.112. The summed E-state index contributed by atoms with van der Waals surface area (Å²) < 4.78 is 137. The van der Waals surface area contributed by atoms with Crippen molar-refractivity contribution in [3.8, 4) is 0 Å². The van der Waals surface area contributed by atoms with Crippen LogP contribution in [0.25, 0.3) is 24.3 Å². The van der Waals surface area contributed by atoms with Gasteiger partial charge in [0.15, 0.2) is 46.5 Å². The monoisotopic (exact) mass is 724 g/mol. The molecule has 4 fully saturated rings. The number of halogens is 10. The topological polar surface area (TPSA) is 0 Å². The van der Waals surface area contributed by atoms with Crippen LogP contribution in [0.1, 0.15) is 60.8 Å². The van der Waals surface area contributed by atoms with Crippen LogP contribution in [-0.2, 0) is 0 Å². The molecule has 4 bridgehead atoms. The van der Waals surface area contributed by atoms with Crippen molar-refractivity contribution in [2.75, 3.05) is 0 Å². The molecular formula is C42H30F10. The van der Waals surface area contributed by atoms with Gasteiger partial charge in [-0.2, -0.15) is 0 Å². The Morgan fingerprint density at radius 3 is 0.865 bits per heavy atom. The van der Waals surface area contributed by atoms with Crippen LogP contribution >= 0.6 is 0 Å². The van der Waals surface area contributed by atoms with Gasteiger partial charge in [0.25, 0.3) is 0 Å². The number of allylic oxidation sites excluding steroid dienone is 4. The Bertz CT molecular complexity index is 1950. The van der Waals surface area contributed by atoms with Crippen LogP contribution in [0.4, 0.5) is 43.9 Å². The van der Waals surface area contributed by atoms with Crippen LogP contribution in [0.3, 0.4) is 0 Å². The molecule has 4 aromatic carbocycles. The third kappa shape index (κ3) is 6.41. The van der Waals surface area contributed by atoms with Crippen LogP contribution in [0.15, 0.2) is 83.0 Å². The number of fused-ring (bicyclic) bond motifs is 4. The van der Waals surface area contributed by atoms with E-state index in [-0.39, 0.29) is 11.1 Å². The highest BCUT2D eigenvalue weighted by Crippen LogP contribution is 2.54. The summed E-state index contributed by atoms with van der Waals surface area (Å²) in [4.78, 5) is 0. The summed E-state index contributed by atoms with van der Waals surface area (Å²) in [5.41, 5.74) is 3.37. The third-order valence-corrected chi connectivity index (χ3v) is 10.6. The van der Waals surface area contributed by atoms with Crippen molar-refractivity contribution < 1.29 is 43.9 Å². The minimum atomic E-state index is -2.35. The van der Waals surface area contributed by atoms with E-state index in [9.17, 15) is 43.9 Å². The zero-order valence-electron chi connectivity index (χ0n) is 27.4. The summed E-state index contributed by atoms with van der Waals surface area (Å²) >= 11 is 0. The van der Waals surface area contributed by atoms with Crippen LogP contribution in [-0.4, -0.2) is 0 Å². The molecule has 0 spiro atoms. The Morgan fingerprint density at radius 1 is 0.327 bits per heavy atom. The highest BCUT2D eigenvalue weighted by atomic mass is 19.2. The molecule has 0 heterocycles. The Kier molecular flexibility index (Phi) is 9.76. The zero-order valence-corrected chi connectivity index (χ0v) is 27.4. The summed E-state index contributed by atoms with van der Waals surface area (Å²) in [7, 11) is 0. The highest BCUT2D eigenvalue weighted by Gasteiger charge is 2.41. The lowest BCUT2D eigenvalue weighted by Crippen LogP contribution is -2.08. The van der Waals surface area contributed by atoms with Crippen molar-refractivity contribution in [2.45, 2.75) is 38.5 Å². The zero-order chi connectivity index (χ0) is 36.8. The summed E-state index contributed by atoms with van der Waals surface area (Å²) in [6.07, 6.45) is 11.5. The summed E-state index contributed by atoms with van der Waals surface area (Å²) in [5.74, 6) is -21.1. The predicted octanol–water partition coefficient (Wildman–Crippen LogP) is 12.6. The standard InChI is InChI=1S/C21H10F10.C21H20/c22-12-10(13(23)17(27)20(30)16(12)26)4-8-6-1-2-7(3-6)9(8)5-11-14(24)18(28)21(31)19(29)15(11)25;1-3-7-16(8-4-1)13-20-18-11-12-19(15-18)21(20)14-17-9-5-2-6-10-17/h4-7H,1-3H2;1-10,13-14,18-19H,11-12,15H2/b8-4+,9-5+;20-13+,21-14+/t6-,7+;18-,19+. The van der Waals surface area contributed by atoms with Crippen molar-refractivity contribution in [3.05, 3.63) is 163 Å². The van der Waals surface area contributed by atoms with Crippen LogP contribution in [0.5, 0.6) is 0 Å². The normalized spacial score (nSPS) is 24.8. The summed E-state index contributed by atoms with van der Waals surface area (Å²) in [6.45, 7) is 0. The molecule has 0 aromatic heterocycles. The second-order valence-corrected chi connectivity index (χ2v) is 13.6. The van der Waals surface area contributed by atoms with Gasteiger partial charge in [0, 0.05) is 0 Å². The van der Waals surface area contributed by atoms with Gasteiger partial charge in [-0.25, -0.2) is 43.9 Å². The second kappa shape index (κ2) is 14.3. The highest BCUT2D eigenvalue weighted by molar-refractivity contribution is 5.71. The number of hydrogen-bond acceptors (Lipinski definition) is 0. The Morgan fingerprint density at radius 2 is 0.577 bits per heavy atom. The van der Waals surface area contributed by atoms with E-state index >= 15 is 0 Å². The van der Waals surface area contributed by atoms with Gasteiger partial charge in [0.1, 0.15) is 0 Å². The van der Waals surface area contributed by atoms with Gasteiger partial charge in [0.2, 0.25) is 11.6 Å². The average Bonchev–Trinajstić information content (AvgIpc) is 3.97. The van der Waals surface area contributed by atoms with Crippen molar-refractivity contribution in [3.63, 3.8) is 0 Å². The Balaban J connectivity index is 0.000000174. The van der Waals surface area contributed by atoms with Gasteiger partial charge in [-0.3, -0.25) is 0 Å². The first-order valence-electron chi connectivity index (χ1n) is 16.9. The number of benzene rings is 4. The molecular weight excluding hydrogens is 694 g/mol. The lowest BCUT2D eigenvalue weighted by molar-refractivity contribution is 0.376. The van der Waals surface area contributed by atoms with Gasteiger partial charge in [-0.1, -0.05) is 72.8 Å². The minimum Gasteiger partial charge on any atom is -0.203 e. The molecule has 4 aliphatic rings. The molecule has 0 saturated heterocycles. The predicted molar refractivity (Wildman–Crippen MR) is 179 cm³/mol. The first-order valence-corrected chi connectivity index (χ1v) is 16.9. The van der Waals surface area contributed by atoms with Crippen LogP contribution in [0, 0.1) is 81.8 Å². The first kappa shape index (κ1) is 35.5. The first-order chi connectivity index (χ1) is 24.9. The van der Waals surface area contributed by atoms with Gasteiger partial charge >= 0.3 is 0 Å². The van der Waals surface area contributed by atoms with Crippen molar-refractivity contribution in [2.24, 2.45) is 23.7 Å². The maximum atomic E-state index is 14.1. The molecule has 4 aromatic rings. The number of hydrogen-bond donors (Lipinski definition) is 0. The van der Waals surface area contributed by atoms with E-state index in [1.807, 2.05) is 0 Å². The van der Waals surface area contributed by atoms with Gasteiger partial charge < -0.3 is 0 Å². The van der Waals surface area contributed by atoms with Crippen LogP contribution in [0.2, 0.25) is 0 Å². The van der Waals surface area contributed by atoms with E-state index in [1.54, 1.807) is 11.1 Å². The molecule has 10 heteroatoms. The molecule has 52 heavy (non-hydrogen) atoms. The Hall–Kier alpha value is -4.86. The van der Waals surface area contributed by atoms with Gasteiger partial charge in [-0.15, -0.1) is 0 Å². The summed E-state index contributed by atoms with van der Waals surface area (Å²) in [5, 5.41) is 0. The van der Waals surface area contributed by atoms with Crippen molar-refractivity contribution in [1.29, 1.82) is 0 Å². The van der Waals surface area contributed by atoms with E-state index < -0.39 is 81.1 Å². The molecule has 8 rings (SSSR count). The molecule has 0 nitrogen and oxygen atoms in total. The minimum absolute atomic E-state index is 0.0170. The van der Waals surface area contributed by atoms with Crippen molar-refractivity contribution in [1.82, 2.24) is 0 Å². The molecule has 4 atom stereocenters. The molecule has 268 valence electrons. The smallest absolute Gasteiger partial charge is 0.200 e. The van der Waals surface area contributed by atoms with E-state index in [4.69, 9.17) is 0 Å². The van der Waals surface area contributed by atoms with E-state index in [2.05, 4.69) is 72.8 Å². The van der Waals surface area contributed by atoms with Crippen LogP contribution < -0.4 is 0 Å². The lowest BCUT2D eigenvalue weighted by atomic mass is 9.86. The van der Waals surface area contributed by atoms with Gasteiger partial charge in [0.05, 0.1) is 11.1 Å². The van der Waals surface area contributed by atoms with E-state index in [0.29, 0.717) is 31.4 Å². The molecule has 4 saturated carbocycles. The molecule has 0 unspecified atom stereocenters. The Labute approximate surface area is 293 Å². The van der Waals surface area contributed by atoms with E-state index in [0.717, 1.165) is 11.8 Å². The molecule has 0 radical (unpaired) electrons. The second-order valence-electron chi connectivity index (χ2n) is 13.6. The fraction of sp³-hybridized carbons (Fsp3) is 0.238. The fourth-order valence-electron chi connectivity index (χ4n) is 8.11. The molecule has 4 aliphatic carbocycles. The molecule has 0 amide bonds. The largest absolute Gasteiger partial charge is 0.203 e. The molecule has 0 aliphatic heterocycles. The maximum absolute atomic E-state index is 14.1. The average molecular weight is 725 g/mol. The van der Waals surface area contributed by atoms with E-state index in [1.165, 1.54) is 30.4 Å². The SMILES string of the molecule is C(=C1\C(=C\c2ccccc2)[C@H]2CC[C@@H]1C2)/c1ccccc1.Fc1c(F)c(F)c(/C=C2/C(=C/c3c(F)c(F)c(F)c(F)c3F)[C@H]3CC[C@@H]2C3)c(F)c1F. The number of rotatable bonds is 4. The summed E-state index contributed by atoms with van der Waals surface area (Å²) in [6, 6.07) is 21.5. The maximum Gasteiger partial charge on any atom is 0.200 e. The third-order valence-electron chi connectivity index (χ3n) is 10.6. The van der Waals surface area contributed by atoms with Crippen molar-refractivity contribution >= 4 is 24.3 Å². The van der Waals surface area contributed by atoms with Gasteiger partial charge in [-0.05, 0) is 108 Å². The molecule has 0 N–H and O–H groups in total. The fourth-order valence-corrected chi connectivity index (χ4v) is 8.11. The lowest BCUT2D eigenvalue weighted by Gasteiger charge is -2.19.